The molecule has 1 unspecified atom stereocenters. The molecule has 0 saturated carbocycles. The highest BCUT2D eigenvalue weighted by Crippen LogP contribution is 2.27. The second-order valence-electron chi connectivity index (χ2n) is 4.83. The first-order chi connectivity index (χ1) is 9.54. The van der Waals surface area contributed by atoms with Gasteiger partial charge in [-0.05, 0) is 25.1 Å². The van der Waals surface area contributed by atoms with Crippen LogP contribution in [0.4, 0.5) is 0 Å². The molecule has 20 heavy (non-hydrogen) atoms. The molecule has 0 aliphatic rings. The first-order valence-electron chi connectivity index (χ1n) is 6.32. The van der Waals surface area contributed by atoms with Gasteiger partial charge in [0, 0.05) is 23.8 Å². The lowest BCUT2D eigenvalue weighted by molar-refractivity contribution is 0.738. The van der Waals surface area contributed by atoms with E-state index in [-0.39, 0.29) is 5.38 Å². The molecule has 0 bridgehead atoms. The van der Waals surface area contributed by atoms with Crippen molar-refractivity contribution < 1.29 is 0 Å². The van der Waals surface area contributed by atoms with E-state index in [0.29, 0.717) is 11.6 Å². The topological polar surface area (TPSA) is 35.6 Å². The summed E-state index contributed by atoms with van der Waals surface area (Å²) < 4.78 is 3.88. The van der Waals surface area contributed by atoms with Gasteiger partial charge in [0.1, 0.15) is 5.82 Å². The molecule has 0 amide bonds. The first kappa shape index (κ1) is 13.5. The van der Waals surface area contributed by atoms with Gasteiger partial charge in [-0.3, -0.25) is 4.68 Å². The molecule has 2 aromatic heterocycles. The highest BCUT2D eigenvalue weighted by atomic mass is 35.5. The smallest absolute Gasteiger partial charge is 0.128 e. The number of halogens is 2. The van der Waals surface area contributed by atoms with Crippen LogP contribution in [0, 0.1) is 0 Å². The highest BCUT2D eigenvalue weighted by molar-refractivity contribution is 6.31. The number of imidazole rings is 1. The Morgan fingerprint density at radius 1 is 1.35 bits per heavy atom. The van der Waals surface area contributed by atoms with Crippen LogP contribution in [0.2, 0.25) is 5.02 Å². The molecule has 3 aromatic rings. The molecule has 0 aliphatic carbocycles. The third-order valence-corrected chi connectivity index (χ3v) is 3.62. The maximum Gasteiger partial charge on any atom is 0.128 e. The number of alkyl halides is 1. The van der Waals surface area contributed by atoms with Crippen LogP contribution < -0.4 is 0 Å². The molecular formula is C14H14Cl2N4. The zero-order chi connectivity index (χ0) is 14.3. The Morgan fingerprint density at radius 3 is 2.80 bits per heavy atom. The molecule has 0 saturated heterocycles. The van der Waals surface area contributed by atoms with Crippen LogP contribution in [0.3, 0.4) is 0 Å². The Morgan fingerprint density at radius 2 is 2.15 bits per heavy atom. The largest absolute Gasteiger partial charge is 0.322 e. The number of aryl methyl sites for hydroxylation is 1. The van der Waals surface area contributed by atoms with Gasteiger partial charge in [-0.1, -0.05) is 11.6 Å². The minimum Gasteiger partial charge on any atom is -0.322 e. The van der Waals surface area contributed by atoms with Crippen LogP contribution in [-0.2, 0) is 13.6 Å². The summed E-state index contributed by atoms with van der Waals surface area (Å²) in [4.78, 5) is 4.60. The van der Waals surface area contributed by atoms with Gasteiger partial charge >= 0.3 is 0 Å². The van der Waals surface area contributed by atoms with Gasteiger partial charge in [-0.15, -0.1) is 11.6 Å². The predicted octanol–water partition coefficient (Wildman–Crippen LogP) is 3.77. The van der Waals surface area contributed by atoms with Crippen molar-refractivity contribution in [1.29, 1.82) is 0 Å². The molecular weight excluding hydrogens is 295 g/mol. The van der Waals surface area contributed by atoms with E-state index in [1.807, 2.05) is 44.6 Å². The third-order valence-electron chi connectivity index (χ3n) is 3.19. The monoisotopic (exact) mass is 308 g/mol. The number of benzene rings is 1. The fourth-order valence-corrected chi connectivity index (χ4v) is 2.65. The molecule has 0 radical (unpaired) electrons. The van der Waals surface area contributed by atoms with Gasteiger partial charge in [-0.2, -0.15) is 5.10 Å². The predicted molar refractivity (Wildman–Crippen MR) is 81.3 cm³/mol. The number of nitrogens with zero attached hydrogens (tertiary/aromatic N) is 4. The third kappa shape index (κ3) is 2.41. The van der Waals surface area contributed by atoms with Crippen molar-refractivity contribution in [2.75, 3.05) is 0 Å². The van der Waals surface area contributed by atoms with Crippen LogP contribution in [-0.4, -0.2) is 19.3 Å². The van der Waals surface area contributed by atoms with Crippen molar-refractivity contribution in [3.8, 4) is 0 Å². The number of rotatable bonds is 3. The standard InChI is InChI=1S/C14H14Cl2N4/c1-9(15)14-18-12-4-3-11(16)5-13(12)20(14)8-10-6-17-19(2)7-10/h3-7,9H,8H2,1-2H3. The van der Waals surface area contributed by atoms with Gasteiger partial charge < -0.3 is 4.57 Å². The summed E-state index contributed by atoms with van der Waals surface area (Å²) in [5.41, 5.74) is 3.00. The second-order valence-corrected chi connectivity index (χ2v) is 5.92. The Hall–Kier alpha value is -1.52. The maximum atomic E-state index is 6.25. The van der Waals surface area contributed by atoms with E-state index in [1.54, 1.807) is 4.68 Å². The Balaban J connectivity index is 2.15. The summed E-state index contributed by atoms with van der Waals surface area (Å²) in [5.74, 6) is 0.841. The van der Waals surface area contributed by atoms with E-state index in [1.165, 1.54) is 0 Å². The molecule has 104 valence electrons. The van der Waals surface area contributed by atoms with E-state index in [4.69, 9.17) is 23.2 Å². The van der Waals surface area contributed by atoms with Crippen molar-refractivity contribution >= 4 is 34.2 Å². The van der Waals surface area contributed by atoms with E-state index in [2.05, 4.69) is 14.6 Å². The van der Waals surface area contributed by atoms with Crippen molar-refractivity contribution in [2.45, 2.75) is 18.8 Å². The van der Waals surface area contributed by atoms with Gasteiger partial charge in [-0.25, -0.2) is 4.98 Å². The Bertz CT molecular complexity index is 758. The number of aromatic nitrogens is 4. The Labute approximate surface area is 126 Å². The molecule has 3 rings (SSSR count). The summed E-state index contributed by atoms with van der Waals surface area (Å²) >= 11 is 12.3. The van der Waals surface area contributed by atoms with Gasteiger partial charge in [0.05, 0.1) is 29.2 Å². The van der Waals surface area contributed by atoms with E-state index in [0.717, 1.165) is 22.4 Å². The molecule has 1 aromatic carbocycles. The molecule has 2 heterocycles. The lowest BCUT2D eigenvalue weighted by Gasteiger charge is -2.09. The molecule has 0 spiro atoms. The quantitative estimate of drug-likeness (QED) is 0.690. The van der Waals surface area contributed by atoms with Crippen LogP contribution in [0.5, 0.6) is 0 Å². The van der Waals surface area contributed by atoms with Crippen LogP contribution in [0.15, 0.2) is 30.6 Å². The SMILES string of the molecule is CC(Cl)c1nc2ccc(Cl)cc2n1Cc1cnn(C)c1. The van der Waals surface area contributed by atoms with Crippen molar-refractivity contribution in [1.82, 2.24) is 19.3 Å². The zero-order valence-electron chi connectivity index (χ0n) is 11.2. The van der Waals surface area contributed by atoms with Crippen molar-refractivity contribution in [3.63, 3.8) is 0 Å². The molecule has 4 nitrogen and oxygen atoms in total. The first-order valence-corrected chi connectivity index (χ1v) is 7.13. The summed E-state index contributed by atoms with van der Waals surface area (Å²) in [5, 5.41) is 4.72. The van der Waals surface area contributed by atoms with E-state index in [9.17, 15) is 0 Å². The summed E-state index contributed by atoms with van der Waals surface area (Å²) in [6.45, 7) is 2.60. The minimum atomic E-state index is -0.169. The molecule has 6 heteroatoms. The number of hydrogen-bond acceptors (Lipinski definition) is 2. The van der Waals surface area contributed by atoms with E-state index < -0.39 is 0 Å². The molecule has 1 atom stereocenters. The number of fused-ring (bicyclic) bond motifs is 1. The number of hydrogen-bond donors (Lipinski definition) is 0. The summed E-state index contributed by atoms with van der Waals surface area (Å²) in [7, 11) is 1.90. The van der Waals surface area contributed by atoms with Crippen LogP contribution in [0.25, 0.3) is 11.0 Å². The van der Waals surface area contributed by atoms with Gasteiger partial charge in [0.15, 0.2) is 0 Å². The highest BCUT2D eigenvalue weighted by Gasteiger charge is 2.15. The van der Waals surface area contributed by atoms with Gasteiger partial charge in [0.25, 0.3) is 0 Å². The van der Waals surface area contributed by atoms with Crippen molar-refractivity contribution in [3.05, 3.63) is 47.0 Å². The van der Waals surface area contributed by atoms with Gasteiger partial charge in [0.2, 0.25) is 0 Å². The molecule has 0 aliphatic heterocycles. The van der Waals surface area contributed by atoms with Crippen LogP contribution >= 0.6 is 23.2 Å². The maximum absolute atomic E-state index is 6.25. The van der Waals surface area contributed by atoms with Crippen molar-refractivity contribution in [2.24, 2.45) is 7.05 Å². The average molecular weight is 309 g/mol. The van der Waals surface area contributed by atoms with Crippen LogP contribution in [0.1, 0.15) is 23.7 Å². The summed E-state index contributed by atoms with van der Waals surface area (Å²) in [6, 6.07) is 5.68. The minimum absolute atomic E-state index is 0.169. The second kappa shape index (κ2) is 5.11. The normalized spacial score (nSPS) is 13.0. The molecule has 0 fully saturated rings. The average Bonchev–Trinajstić information content (AvgIpc) is 2.95. The van der Waals surface area contributed by atoms with E-state index >= 15 is 0 Å². The zero-order valence-corrected chi connectivity index (χ0v) is 12.7. The fraction of sp³-hybridized carbons (Fsp3) is 0.286. The lowest BCUT2D eigenvalue weighted by atomic mass is 10.3. The Kier molecular flexibility index (Phi) is 3.44. The summed E-state index contributed by atoms with van der Waals surface area (Å²) in [6.07, 6.45) is 3.83. The molecule has 0 N–H and O–H groups in total. The lowest BCUT2D eigenvalue weighted by Crippen LogP contribution is -2.05. The fourth-order valence-electron chi connectivity index (χ4n) is 2.32.